The van der Waals surface area contributed by atoms with E-state index in [1.807, 2.05) is 17.0 Å². The molecular weight excluding hydrogens is 368 g/mol. The topological polar surface area (TPSA) is 90.5 Å². The number of benzene rings is 1. The zero-order chi connectivity index (χ0) is 20.6. The molecule has 0 radical (unpaired) electrons. The molecule has 2 amide bonds. The van der Waals surface area contributed by atoms with Gasteiger partial charge < -0.3 is 9.80 Å². The van der Waals surface area contributed by atoms with Crippen LogP contribution < -0.4 is 20.7 Å². The lowest BCUT2D eigenvalue weighted by Crippen LogP contribution is -2.49. The molecule has 8 nitrogen and oxygen atoms in total. The van der Waals surface area contributed by atoms with Crippen LogP contribution in [0.25, 0.3) is 0 Å². The van der Waals surface area contributed by atoms with Gasteiger partial charge in [-0.2, -0.15) is 0 Å². The van der Waals surface area contributed by atoms with Gasteiger partial charge in [-0.05, 0) is 57.0 Å². The number of aromatic nitrogens is 2. The number of amides is 2. The van der Waals surface area contributed by atoms with Crippen molar-refractivity contribution in [1.29, 1.82) is 0 Å². The summed E-state index contributed by atoms with van der Waals surface area (Å²) in [5.74, 6) is -0.123. The average molecular weight is 396 g/mol. The summed E-state index contributed by atoms with van der Waals surface area (Å²) in [6.07, 6.45) is 5.02. The van der Waals surface area contributed by atoms with Gasteiger partial charge >= 0.3 is 0 Å². The van der Waals surface area contributed by atoms with Crippen LogP contribution >= 0.6 is 0 Å². The molecule has 1 unspecified atom stereocenters. The van der Waals surface area contributed by atoms with Crippen LogP contribution in [0.3, 0.4) is 0 Å². The van der Waals surface area contributed by atoms with Gasteiger partial charge in [0.25, 0.3) is 5.91 Å². The van der Waals surface area contributed by atoms with Gasteiger partial charge in [0, 0.05) is 49.8 Å². The molecule has 1 atom stereocenters. The quantitative estimate of drug-likeness (QED) is 0.726. The van der Waals surface area contributed by atoms with Gasteiger partial charge in [0.05, 0.1) is 5.92 Å². The zero-order valence-corrected chi connectivity index (χ0v) is 17.0. The first-order valence-electron chi connectivity index (χ1n) is 10.1. The number of nitrogens with one attached hydrogen (secondary N) is 2. The summed E-state index contributed by atoms with van der Waals surface area (Å²) >= 11 is 0. The molecule has 1 fully saturated rings. The number of rotatable bonds is 6. The highest BCUT2D eigenvalue weighted by molar-refractivity contribution is 5.95. The Morgan fingerprint density at radius 3 is 2.45 bits per heavy atom. The molecule has 2 N–H and O–H groups in total. The van der Waals surface area contributed by atoms with Crippen LogP contribution in [-0.4, -0.2) is 48.0 Å². The predicted octanol–water partition coefficient (Wildman–Crippen LogP) is 2.00. The van der Waals surface area contributed by atoms with Gasteiger partial charge in [-0.15, -0.1) is 0 Å². The first-order chi connectivity index (χ1) is 14.1. The van der Waals surface area contributed by atoms with Crippen LogP contribution in [0, 0.1) is 5.92 Å². The fourth-order valence-electron chi connectivity index (χ4n) is 3.53. The average Bonchev–Trinajstić information content (AvgIpc) is 2.79. The lowest BCUT2D eigenvalue weighted by Gasteiger charge is -2.31. The summed E-state index contributed by atoms with van der Waals surface area (Å²) < 4.78 is 0. The third-order valence-corrected chi connectivity index (χ3v) is 5.18. The first kappa shape index (κ1) is 20.6. The largest absolute Gasteiger partial charge is 0.372 e. The van der Waals surface area contributed by atoms with E-state index in [0.29, 0.717) is 18.1 Å². The highest BCUT2D eigenvalue weighted by Crippen LogP contribution is 2.20. The Hall–Kier alpha value is -3.16. The normalized spacial score (nSPS) is 16.2. The van der Waals surface area contributed by atoms with E-state index in [0.717, 1.165) is 38.2 Å². The molecule has 1 saturated heterocycles. The fraction of sp³-hybridized carbons (Fsp3) is 0.429. The molecule has 1 aliphatic rings. The molecule has 154 valence electrons. The number of nitrogens with zero attached hydrogens (tertiary/aromatic N) is 4. The van der Waals surface area contributed by atoms with Gasteiger partial charge in [0.2, 0.25) is 11.9 Å². The Kier molecular flexibility index (Phi) is 6.99. The van der Waals surface area contributed by atoms with Gasteiger partial charge in [-0.3, -0.25) is 20.4 Å². The Morgan fingerprint density at radius 2 is 1.79 bits per heavy atom. The van der Waals surface area contributed by atoms with Crippen LogP contribution in [0.5, 0.6) is 0 Å². The molecule has 2 heterocycles. The van der Waals surface area contributed by atoms with E-state index in [2.05, 4.69) is 39.6 Å². The lowest BCUT2D eigenvalue weighted by molar-refractivity contribution is -0.126. The molecule has 0 bridgehead atoms. The number of hydrogen-bond acceptors (Lipinski definition) is 6. The smallest absolute Gasteiger partial charge is 0.269 e. The number of carbonyl (C=O) groups is 2. The molecule has 1 aromatic heterocycles. The third kappa shape index (κ3) is 5.22. The minimum Gasteiger partial charge on any atom is -0.372 e. The summed E-state index contributed by atoms with van der Waals surface area (Å²) in [6.45, 7) is 7.35. The van der Waals surface area contributed by atoms with Crippen molar-refractivity contribution in [2.24, 2.45) is 5.92 Å². The molecule has 0 saturated carbocycles. The van der Waals surface area contributed by atoms with E-state index in [9.17, 15) is 9.59 Å². The van der Waals surface area contributed by atoms with E-state index in [1.54, 1.807) is 30.6 Å². The summed E-state index contributed by atoms with van der Waals surface area (Å²) in [5, 5.41) is 0. The Labute approximate surface area is 171 Å². The molecule has 3 rings (SSSR count). The van der Waals surface area contributed by atoms with Crippen molar-refractivity contribution in [2.45, 2.75) is 26.7 Å². The number of hydrazine groups is 1. The van der Waals surface area contributed by atoms with Crippen LogP contribution in [0.2, 0.25) is 0 Å². The maximum Gasteiger partial charge on any atom is 0.269 e. The van der Waals surface area contributed by atoms with Crippen molar-refractivity contribution in [3.05, 3.63) is 48.3 Å². The summed E-state index contributed by atoms with van der Waals surface area (Å²) in [5.41, 5.74) is 6.67. The Balaban J connectivity index is 1.52. The first-order valence-corrected chi connectivity index (χ1v) is 10.1. The van der Waals surface area contributed by atoms with Gasteiger partial charge in [-0.25, -0.2) is 9.97 Å². The van der Waals surface area contributed by atoms with Crippen LogP contribution in [0.15, 0.2) is 42.7 Å². The molecule has 0 aliphatic carbocycles. The number of hydrogen-bond donors (Lipinski definition) is 2. The molecule has 8 heteroatoms. The van der Waals surface area contributed by atoms with Crippen molar-refractivity contribution in [3.63, 3.8) is 0 Å². The van der Waals surface area contributed by atoms with Crippen LogP contribution in [0.1, 0.15) is 37.0 Å². The van der Waals surface area contributed by atoms with E-state index < -0.39 is 0 Å². The number of carbonyl (C=O) groups excluding carboxylic acids is 2. The molecule has 1 aliphatic heterocycles. The SMILES string of the molecule is CCN(CC)c1ccc(C(=O)NNC(=O)C2CCCN(c3ncccn3)C2)cc1. The number of piperidine rings is 1. The molecule has 0 spiro atoms. The zero-order valence-electron chi connectivity index (χ0n) is 17.0. The highest BCUT2D eigenvalue weighted by Gasteiger charge is 2.27. The summed E-state index contributed by atoms with van der Waals surface area (Å²) in [7, 11) is 0. The second-order valence-electron chi connectivity index (χ2n) is 7.00. The predicted molar refractivity (Wildman–Crippen MR) is 113 cm³/mol. The highest BCUT2D eigenvalue weighted by atomic mass is 16.2. The fourth-order valence-corrected chi connectivity index (χ4v) is 3.53. The van der Waals surface area contributed by atoms with Gasteiger partial charge in [0.15, 0.2) is 0 Å². The minimum absolute atomic E-state index is 0.196. The van der Waals surface area contributed by atoms with Crippen molar-refractivity contribution in [1.82, 2.24) is 20.8 Å². The van der Waals surface area contributed by atoms with Crippen molar-refractivity contribution in [3.8, 4) is 0 Å². The Bertz CT molecular complexity index is 808. The molecule has 1 aromatic carbocycles. The van der Waals surface area contributed by atoms with E-state index in [-0.39, 0.29) is 17.7 Å². The van der Waals surface area contributed by atoms with Crippen LogP contribution in [0.4, 0.5) is 11.6 Å². The molecule has 2 aromatic rings. The lowest BCUT2D eigenvalue weighted by atomic mass is 9.98. The summed E-state index contributed by atoms with van der Waals surface area (Å²) in [4.78, 5) is 37.6. The Morgan fingerprint density at radius 1 is 1.10 bits per heavy atom. The van der Waals surface area contributed by atoms with Crippen molar-refractivity contribution < 1.29 is 9.59 Å². The maximum absolute atomic E-state index is 12.5. The molecular formula is C21H28N6O2. The molecule has 29 heavy (non-hydrogen) atoms. The van der Waals surface area contributed by atoms with Crippen molar-refractivity contribution in [2.75, 3.05) is 36.0 Å². The number of anilines is 2. The third-order valence-electron chi connectivity index (χ3n) is 5.18. The van der Waals surface area contributed by atoms with E-state index >= 15 is 0 Å². The second-order valence-corrected chi connectivity index (χ2v) is 7.00. The second kappa shape index (κ2) is 9.86. The van der Waals surface area contributed by atoms with Gasteiger partial charge in [0.1, 0.15) is 0 Å². The minimum atomic E-state index is -0.330. The van der Waals surface area contributed by atoms with Crippen molar-refractivity contribution >= 4 is 23.5 Å². The van der Waals surface area contributed by atoms with Gasteiger partial charge in [-0.1, -0.05) is 0 Å². The maximum atomic E-state index is 12.5. The standard InChI is InChI=1S/C21H28N6O2/c1-3-26(4-2)18-10-8-16(9-11-18)19(28)24-25-20(29)17-7-5-14-27(15-17)21-22-12-6-13-23-21/h6,8-13,17H,3-5,7,14-15H2,1-2H3,(H,24,28)(H,25,29). The van der Waals surface area contributed by atoms with E-state index in [4.69, 9.17) is 0 Å². The van der Waals surface area contributed by atoms with E-state index in [1.165, 1.54) is 0 Å². The van der Waals surface area contributed by atoms with Crippen LogP contribution in [-0.2, 0) is 4.79 Å². The summed E-state index contributed by atoms with van der Waals surface area (Å²) in [6, 6.07) is 9.14. The monoisotopic (exact) mass is 396 g/mol.